The third-order valence-electron chi connectivity index (χ3n) is 4.39. The molecule has 0 N–H and O–H groups in total. The van der Waals surface area contributed by atoms with E-state index in [1.807, 2.05) is 31.2 Å². The second-order valence-electron chi connectivity index (χ2n) is 6.51. The zero-order valence-corrected chi connectivity index (χ0v) is 13.8. The normalized spacial score (nSPS) is 28.6. The van der Waals surface area contributed by atoms with Gasteiger partial charge in [-0.05, 0) is 49.7 Å². The third kappa shape index (κ3) is 3.92. The lowest BCUT2D eigenvalue weighted by molar-refractivity contribution is 0.0567. The van der Waals surface area contributed by atoms with Crippen LogP contribution in [0.3, 0.4) is 0 Å². The van der Waals surface area contributed by atoms with Gasteiger partial charge >= 0.3 is 0 Å². The van der Waals surface area contributed by atoms with Crippen LogP contribution >= 0.6 is 0 Å². The molecule has 0 radical (unpaired) electrons. The Morgan fingerprint density at radius 2 is 1.85 bits per heavy atom. The molecule has 3 heteroatoms. The van der Waals surface area contributed by atoms with Gasteiger partial charge in [0, 0.05) is 0 Å². The summed E-state index contributed by atoms with van der Waals surface area (Å²) in [4.78, 5) is 0.774. The van der Waals surface area contributed by atoms with Gasteiger partial charge < -0.3 is 0 Å². The Kier molecular flexibility index (Phi) is 5.39. The van der Waals surface area contributed by atoms with E-state index in [1.165, 1.54) is 18.4 Å². The van der Waals surface area contributed by atoms with Crippen molar-refractivity contribution >= 4 is 11.1 Å². The zero-order chi connectivity index (χ0) is 14.7. The molecule has 1 aliphatic carbocycles. The summed E-state index contributed by atoms with van der Waals surface area (Å²) in [6.07, 6.45) is 3.61. The first-order valence-electron chi connectivity index (χ1n) is 7.63. The Balaban J connectivity index is 2.05. The van der Waals surface area contributed by atoms with Gasteiger partial charge in [0.25, 0.3) is 0 Å². The zero-order valence-electron chi connectivity index (χ0n) is 13.0. The van der Waals surface area contributed by atoms with Gasteiger partial charge in [-0.2, -0.15) is 0 Å². The number of rotatable bonds is 4. The van der Waals surface area contributed by atoms with Crippen LogP contribution in [0.5, 0.6) is 0 Å². The van der Waals surface area contributed by atoms with E-state index < -0.39 is 11.1 Å². The fourth-order valence-corrected chi connectivity index (χ4v) is 3.96. The van der Waals surface area contributed by atoms with Gasteiger partial charge in [-0.15, -0.1) is 0 Å². The van der Waals surface area contributed by atoms with E-state index in [-0.39, 0.29) is 6.10 Å². The van der Waals surface area contributed by atoms with Gasteiger partial charge in [0.1, 0.15) is 0 Å². The average molecular weight is 294 g/mol. The van der Waals surface area contributed by atoms with Crippen LogP contribution in [0.25, 0.3) is 0 Å². The smallest absolute Gasteiger partial charge is 0.189 e. The SMILES string of the molecule is Cc1ccc(S(=O)O[C@H]2CC(C)CCC2C(C)C)cc1. The highest BCUT2D eigenvalue weighted by Gasteiger charge is 2.33. The Morgan fingerprint density at radius 1 is 1.20 bits per heavy atom. The minimum absolute atomic E-state index is 0.126. The Bertz CT molecular complexity index is 453. The predicted molar refractivity (Wildman–Crippen MR) is 83.8 cm³/mol. The molecule has 2 rings (SSSR count). The first kappa shape index (κ1) is 15.7. The van der Waals surface area contributed by atoms with Crippen LogP contribution in [0.4, 0.5) is 0 Å². The van der Waals surface area contributed by atoms with E-state index in [0.29, 0.717) is 17.8 Å². The van der Waals surface area contributed by atoms with Gasteiger partial charge in [0.2, 0.25) is 0 Å². The van der Waals surface area contributed by atoms with Crippen LogP contribution in [0.2, 0.25) is 0 Å². The van der Waals surface area contributed by atoms with Crippen molar-refractivity contribution < 1.29 is 8.39 Å². The molecule has 2 nitrogen and oxygen atoms in total. The van der Waals surface area contributed by atoms with Gasteiger partial charge in [-0.3, -0.25) is 4.18 Å². The van der Waals surface area contributed by atoms with Crippen molar-refractivity contribution in [1.29, 1.82) is 0 Å². The molecule has 20 heavy (non-hydrogen) atoms. The molecule has 1 saturated carbocycles. The highest BCUT2D eigenvalue weighted by Crippen LogP contribution is 2.36. The maximum atomic E-state index is 12.4. The van der Waals surface area contributed by atoms with Crippen molar-refractivity contribution in [2.24, 2.45) is 17.8 Å². The maximum Gasteiger partial charge on any atom is 0.189 e. The van der Waals surface area contributed by atoms with Crippen molar-refractivity contribution in [2.45, 2.75) is 58.0 Å². The Morgan fingerprint density at radius 3 is 2.45 bits per heavy atom. The summed E-state index contributed by atoms with van der Waals surface area (Å²) >= 11 is -1.34. The van der Waals surface area contributed by atoms with Crippen molar-refractivity contribution in [2.75, 3.05) is 0 Å². The van der Waals surface area contributed by atoms with Gasteiger partial charge in [0.05, 0.1) is 11.0 Å². The first-order chi connectivity index (χ1) is 9.47. The van der Waals surface area contributed by atoms with Crippen LogP contribution in [-0.4, -0.2) is 10.3 Å². The monoisotopic (exact) mass is 294 g/mol. The summed E-state index contributed by atoms with van der Waals surface area (Å²) in [5.74, 6) is 1.79. The van der Waals surface area contributed by atoms with Crippen LogP contribution in [0.15, 0.2) is 29.2 Å². The quantitative estimate of drug-likeness (QED) is 0.817. The molecule has 1 aromatic rings. The Hall–Kier alpha value is -0.670. The Labute approximate surface area is 125 Å². The minimum Gasteiger partial charge on any atom is -0.283 e. The number of aryl methyl sites for hydroxylation is 1. The van der Waals surface area contributed by atoms with E-state index in [4.69, 9.17) is 4.18 Å². The van der Waals surface area contributed by atoms with Crippen molar-refractivity contribution in [3.63, 3.8) is 0 Å². The van der Waals surface area contributed by atoms with E-state index in [9.17, 15) is 4.21 Å². The predicted octanol–water partition coefficient (Wildman–Crippen LogP) is 4.50. The molecule has 0 spiro atoms. The fourth-order valence-electron chi connectivity index (χ4n) is 3.04. The molecule has 112 valence electrons. The molecule has 3 unspecified atom stereocenters. The van der Waals surface area contributed by atoms with Crippen molar-refractivity contribution in [3.8, 4) is 0 Å². The van der Waals surface area contributed by atoms with E-state index in [2.05, 4.69) is 20.8 Å². The van der Waals surface area contributed by atoms with Crippen molar-refractivity contribution in [3.05, 3.63) is 29.8 Å². The second kappa shape index (κ2) is 6.86. The summed E-state index contributed by atoms with van der Waals surface area (Å²) in [5.41, 5.74) is 1.18. The van der Waals surface area contributed by atoms with Crippen molar-refractivity contribution in [1.82, 2.24) is 0 Å². The lowest BCUT2D eigenvalue weighted by Gasteiger charge is -2.36. The molecule has 0 saturated heterocycles. The molecule has 1 aromatic carbocycles. The van der Waals surface area contributed by atoms with Gasteiger partial charge in [-0.1, -0.05) is 44.9 Å². The second-order valence-corrected chi connectivity index (χ2v) is 7.64. The highest BCUT2D eigenvalue weighted by molar-refractivity contribution is 7.80. The maximum absolute atomic E-state index is 12.4. The van der Waals surface area contributed by atoms with E-state index in [0.717, 1.165) is 11.3 Å². The molecular weight excluding hydrogens is 268 g/mol. The summed E-state index contributed by atoms with van der Waals surface area (Å²) < 4.78 is 18.3. The number of benzene rings is 1. The molecule has 1 fully saturated rings. The first-order valence-corrected chi connectivity index (χ1v) is 8.70. The summed E-state index contributed by atoms with van der Waals surface area (Å²) in [7, 11) is 0. The number of hydrogen-bond donors (Lipinski definition) is 0. The lowest BCUT2D eigenvalue weighted by atomic mass is 9.75. The van der Waals surface area contributed by atoms with E-state index >= 15 is 0 Å². The fraction of sp³-hybridized carbons (Fsp3) is 0.647. The van der Waals surface area contributed by atoms with Crippen LogP contribution in [0.1, 0.15) is 45.6 Å². The lowest BCUT2D eigenvalue weighted by Crippen LogP contribution is -2.34. The molecule has 0 bridgehead atoms. The highest BCUT2D eigenvalue weighted by atomic mass is 32.2. The van der Waals surface area contributed by atoms with Gasteiger partial charge in [0.15, 0.2) is 11.1 Å². The number of hydrogen-bond acceptors (Lipinski definition) is 2. The minimum atomic E-state index is -1.34. The summed E-state index contributed by atoms with van der Waals surface area (Å²) in [6.45, 7) is 8.78. The summed E-state index contributed by atoms with van der Waals surface area (Å²) in [5, 5.41) is 0. The van der Waals surface area contributed by atoms with Gasteiger partial charge in [-0.25, -0.2) is 4.21 Å². The third-order valence-corrected chi connectivity index (χ3v) is 5.46. The average Bonchev–Trinajstić information content (AvgIpc) is 2.39. The molecule has 0 heterocycles. The van der Waals surface area contributed by atoms with Crippen LogP contribution in [-0.2, 0) is 15.3 Å². The summed E-state index contributed by atoms with van der Waals surface area (Å²) in [6, 6.07) is 7.78. The molecule has 0 amide bonds. The molecule has 0 aromatic heterocycles. The topological polar surface area (TPSA) is 26.3 Å². The molecular formula is C17H26O2S. The van der Waals surface area contributed by atoms with Crippen LogP contribution in [0, 0.1) is 24.7 Å². The molecule has 0 aliphatic heterocycles. The largest absolute Gasteiger partial charge is 0.283 e. The molecule has 4 atom stereocenters. The van der Waals surface area contributed by atoms with E-state index in [1.54, 1.807) is 0 Å². The molecule has 1 aliphatic rings. The standard InChI is InChI=1S/C17H26O2S/c1-12(2)16-10-7-14(4)11-17(16)19-20(18)15-8-5-13(3)6-9-15/h5-6,8-9,12,14,16-17H,7,10-11H2,1-4H3/t14?,16?,17-,20?/m0/s1. The van der Waals surface area contributed by atoms with Crippen LogP contribution < -0.4 is 0 Å².